The third-order valence-corrected chi connectivity index (χ3v) is 6.48. The average Bonchev–Trinajstić information content (AvgIpc) is 3.49. The number of halogens is 1. The van der Waals surface area contributed by atoms with E-state index in [0.29, 0.717) is 27.4 Å². The van der Waals surface area contributed by atoms with Crippen LogP contribution in [0.4, 0.5) is 0 Å². The zero-order valence-corrected chi connectivity index (χ0v) is 18.1. The highest BCUT2D eigenvalue weighted by molar-refractivity contribution is 6.34. The molecule has 1 aromatic heterocycles. The number of aliphatic hydroxyl groups excluding tert-OH is 1. The summed E-state index contributed by atoms with van der Waals surface area (Å²) >= 11 is 6.56. The van der Waals surface area contributed by atoms with Crippen molar-refractivity contribution in [1.29, 1.82) is 0 Å². The van der Waals surface area contributed by atoms with E-state index in [-0.39, 0.29) is 23.6 Å². The van der Waals surface area contributed by atoms with Crippen LogP contribution in [0.3, 0.4) is 0 Å². The van der Waals surface area contributed by atoms with Gasteiger partial charge in [0.15, 0.2) is 0 Å². The van der Waals surface area contributed by atoms with Gasteiger partial charge in [-0.1, -0.05) is 41.9 Å². The number of hydrogen-bond donors (Lipinski definition) is 3. The van der Waals surface area contributed by atoms with Gasteiger partial charge in [-0.15, -0.1) is 0 Å². The minimum Gasteiger partial charge on any atom is -0.478 e. The van der Waals surface area contributed by atoms with Gasteiger partial charge in [-0.2, -0.15) is 4.98 Å². The highest BCUT2D eigenvalue weighted by atomic mass is 35.5. The normalized spacial score (nSPS) is 14.5. The van der Waals surface area contributed by atoms with Crippen LogP contribution in [0.25, 0.3) is 22.2 Å². The number of imidazole rings is 1. The summed E-state index contributed by atoms with van der Waals surface area (Å²) in [7, 11) is 0. The lowest BCUT2D eigenvalue weighted by Crippen LogP contribution is -2.11. The van der Waals surface area contributed by atoms with Crippen LogP contribution in [0.1, 0.15) is 34.3 Å². The number of aromatic amines is 1. The molecule has 0 spiro atoms. The highest BCUT2D eigenvalue weighted by Crippen LogP contribution is 2.48. The first-order valence-corrected chi connectivity index (χ1v) is 10.7. The fourth-order valence-corrected chi connectivity index (χ4v) is 4.25. The Kier molecular flexibility index (Phi) is 4.92. The van der Waals surface area contributed by atoms with Crippen LogP contribution in [0.15, 0.2) is 54.6 Å². The number of nitrogens with one attached hydrogen (secondary N) is 1. The molecule has 0 saturated heterocycles. The van der Waals surface area contributed by atoms with E-state index in [2.05, 4.69) is 22.1 Å². The Bertz CT molecular complexity index is 1340. The average molecular weight is 449 g/mol. The molecule has 0 unspecified atom stereocenters. The molecule has 6 nitrogen and oxygen atoms in total. The van der Waals surface area contributed by atoms with Gasteiger partial charge in [0.2, 0.25) is 0 Å². The third-order valence-electron chi connectivity index (χ3n) is 6.17. The number of ether oxygens (including phenoxy) is 1. The van der Waals surface area contributed by atoms with Gasteiger partial charge in [0, 0.05) is 11.0 Å². The van der Waals surface area contributed by atoms with E-state index in [4.69, 9.17) is 16.3 Å². The third kappa shape index (κ3) is 3.61. The Morgan fingerprint density at radius 3 is 2.56 bits per heavy atom. The first kappa shape index (κ1) is 20.5. The number of carboxylic acids is 1. The minimum atomic E-state index is -1.01. The maximum Gasteiger partial charge on any atom is 0.336 e. The van der Waals surface area contributed by atoms with Gasteiger partial charge in [-0.05, 0) is 60.7 Å². The number of fused-ring (bicyclic) bond motifs is 1. The van der Waals surface area contributed by atoms with Crippen LogP contribution in [-0.4, -0.2) is 32.8 Å². The molecular weight excluding hydrogens is 428 g/mol. The van der Waals surface area contributed by atoms with Gasteiger partial charge in [0.05, 0.1) is 28.2 Å². The van der Waals surface area contributed by atoms with Crippen molar-refractivity contribution in [2.24, 2.45) is 0 Å². The molecule has 1 aliphatic carbocycles. The summed E-state index contributed by atoms with van der Waals surface area (Å²) in [5, 5.41) is 19.5. The number of carboxylic acid groups (broad SMARTS) is 1. The molecule has 0 atom stereocenters. The molecule has 1 heterocycles. The van der Waals surface area contributed by atoms with Crippen LogP contribution in [0.5, 0.6) is 11.8 Å². The summed E-state index contributed by atoms with van der Waals surface area (Å²) in [6.45, 7) is 1.91. The maximum atomic E-state index is 11.4. The van der Waals surface area contributed by atoms with E-state index in [1.165, 1.54) is 6.07 Å². The van der Waals surface area contributed by atoms with E-state index in [0.717, 1.165) is 29.5 Å². The Hall–Kier alpha value is -3.35. The lowest BCUT2D eigenvalue weighted by Gasteiger charge is -2.13. The number of benzene rings is 3. The predicted molar refractivity (Wildman–Crippen MR) is 123 cm³/mol. The molecule has 0 aliphatic heterocycles. The molecule has 4 aromatic rings. The number of aryl methyl sites for hydroxylation is 1. The van der Waals surface area contributed by atoms with E-state index in [1.54, 1.807) is 25.1 Å². The quantitative estimate of drug-likeness (QED) is 0.351. The van der Waals surface area contributed by atoms with E-state index in [1.807, 2.05) is 18.2 Å². The van der Waals surface area contributed by atoms with Crippen molar-refractivity contribution in [1.82, 2.24) is 9.97 Å². The molecule has 0 radical (unpaired) electrons. The Morgan fingerprint density at radius 1 is 1.16 bits per heavy atom. The van der Waals surface area contributed by atoms with Crippen molar-refractivity contribution in [3.8, 4) is 22.9 Å². The monoisotopic (exact) mass is 448 g/mol. The molecular formula is C25H21ClN2O4. The number of aromatic carboxylic acids is 1. The molecule has 7 heteroatoms. The molecule has 3 aromatic carbocycles. The van der Waals surface area contributed by atoms with Gasteiger partial charge in [0.1, 0.15) is 5.75 Å². The fraction of sp³-hybridized carbons (Fsp3) is 0.200. The van der Waals surface area contributed by atoms with Crippen molar-refractivity contribution >= 4 is 28.6 Å². The highest BCUT2D eigenvalue weighted by Gasteiger charge is 2.43. The molecule has 1 fully saturated rings. The number of hydrogen-bond acceptors (Lipinski definition) is 4. The van der Waals surface area contributed by atoms with Gasteiger partial charge in [-0.25, -0.2) is 4.79 Å². The fourth-order valence-electron chi connectivity index (χ4n) is 3.98. The van der Waals surface area contributed by atoms with Gasteiger partial charge in [-0.3, -0.25) is 0 Å². The zero-order chi connectivity index (χ0) is 22.5. The summed E-state index contributed by atoms with van der Waals surface area (Å²) in [5.41, 5.74) is 5.12. The zero-order valence-electron chi connectivity index (χ0n) is 17.4. The largest absolute Gasteiger partial charge is 0.478 e. The van der Waals surface area contributed by atoms with Crippen molar-refractivity contribution in [2.45, 2.75) is 25.2 Å². The van der Waals surface area contributed by atoms with Gasteiger partial charge in [0.25, 0.3) is 6.01 Å². The first-order valence-electron chi connectivity index (χ1n) is 10.3. The minimum absolute atomic E-state index is 0.0722. The Morgan fingerprint density at radius 2 is 1.91 bits per heavy atom. The molecule has 162 valence electrons. The number of aromatic nitrogens is 2. The molecule has 0 amide bonds. The van der Waals surface area contributed by atoms with Crippen molar-refractivity contribution in [3.05, 3.63) is 76.3 Å². The lowest BCUT2D eigenvalue weighted by atomic mass is 9.94. The van der Waals surface area contributed by atoms with Crippen LogP contribution >= 0.6 is 11.6 Å². The number of rotatable bonds is 6. The molecule has 1 aliphatic rings. The van der Waals surface area contributed by atoms with Gasteiger partial charge >= 0.3 is 5.97 Å². The van der Waals surface area contributed by atoms with Gasteiger partial charge < -0.3 is 19.9 Å². The number of H-pyrrole nitrogens is 1. The molecule has 3 N–H and O–H groups in total. The second-order valence-corrected chi connectivity index (χ2v) is 8.70. The Labute approximate surface area is 189 Å². The summed E-state index contributed by atoms with van der Waals surface area (Å²) in [4.78, 5) is 18.9. The van der Waals surface area contributed by atoms with E-state index < -0.39 is 5.97 Å². The number of nitrogens with zero attached hydrogens (tertiary/aromatic N) is 1. The second-order valence-electron chi connectivity index (χ2n) is 8.29. The smallest absolute Gasteiger partial charge is 0.336 e. The molecule has 1 saturated carbocycles. The van der Waals surface area contributed by atoms with Crippen LogP contribution in [0, 0.1) is 6.92 Å². The number of aliphatic hydroxyl groups is 1. The molecule has 32 heavy (non-hydrogen) atoms. The summed E-state index contributed by atoms with van der Waals surface area (Å²) in [5.74, 6) is -0.626. The second kappa shape index (κ2) is 7.65. The van der Waals surface area contributed by atoms with Crippen LogP contribution in [0.2, 0.25) is 5.02 Å². The standard InChI is InChI=1S/C25H21ClN2O4/c1-14-2-7-17(10-18(14)23(30)31)32-24-27-21-11-19(20(26)12-22(21)28-24)15-3-5-16(6-4-15)25(13-29)8-9-25/h2-7,10-12,29H,8-9,13H2,1H3,(H,27,28)(H,30,31). The Balaban J connectivity index is 1.44. The summed E-state index contributed by atoms with van der Waals surface area (Å²) in [6.07, 6.45) is 2.03. The van der Waals surface area contributed by atoms with E-state index in [9.17, 15) is 15.0 Å². The lowest BCUT2D eigenvalue weighted by molar-refractivity contribution is 0.0695. The van der Waals surface area contributed by atoms with Crippen LogP contribution in [-0.2, 0) is 5.41 Å². The predicted octanol–water partition coefficient (Wildman–Crippen LogP) is 5.71. The first-order chi connectivity index (χ1) is 15.4. The van der Waals surface area contributed by atoms with Crippen molar-refractivity contribution in [3.63, 3.8) is 0 Å². The maximum absolute atomic E-state index is 11.4. The topological polar surface area (TPSA) is 95.4 Å². The van der Waals surface area contributed by atoms with E-state index >= 15 is 0 Å². The summed E-state index contributed by atoms with van der Waals surface area (Å²) in [6, 6.07) is 17.0. The SMILES string of the molecule is Cc1ccc(Oc2nc3cc(-c4ccc(C5(CO)CC5)cc4)c(Cl)cc3[nH]2)cc1C(=O)O. The van der Waals surface area contributed by atoms with Crippen molar-refractivity contribution in [2.75, 3.05) is 6.61 Å². The molecule has 5 rings (SSSR count). The molecule has 0 bridgehead atoms. The van der Waals surface area contributed by atoms with Crippen LogP contribution < -0.4 is 4.74 Å². The van der Waals surface area contributed by atoms with Crippen molar-refractivity contribution < 1.29 is 19.7 Å². The summed E-state index contributed by atoms with van der Waals surface area (Å²) < 4.78 is 5.77. The number of carbonyl (C=O) groups is 1.